The van der Waals surface area contributed by atoms with Crippen molar-refractivity contribution in [3.8, 4) is 45.9 Å². The second-order valence-electron chi connectivity index (χ2n) is 6.67. The van der Waals surface area contributed by atoms with E-state index >= 15 is 0 Å². The number of H-pyrrole nitrogens is 1. The number of benzene rings is 3. The number of hydrogen-bond donors (Lipinski definition) is 1. The fourth-order valence-electron chi connectivity index (χ4n) is 3.36. The fraction of sp³-hybridized carbons (Fsp3) is 0. The van der Waals surface area contributed by atoms with Crippen LogP contribution in [0.3, 0.4) is 0 Å². The molecule has 0 radical (unpaired) electrons. The number of rotatable bonds is 4. The highest BCUT2D eigenvalue weighted by atomic mass is 15.4. The van der Waals surface area contributed by atoms with Gasteiger partial charge in [-0.25, -0.2) is 9.67 Å². The van der Waals surface area contributed by atoms with Crippen molar-refractivity contribution in [2.24, 2.45) is 0 Å². The molecule has 0 fully saturated rings. The Bertz CT molecular complexity index is 1270. The Morgan fingerprint density at radius 1 is 0.767 bits per heavy atom. The summed E-state index contributed by atoms with van der Waals surface area (Å²) in [5.74, 6) is 1.11. The van der Waals surface area contributed by atoms with Gasteiger partial charge < -0.3 is 0 Å². The predicted molar refractivity (Wildman–Crippen MR) is 115 cm³/mol. The SMILES string of the molecule is N#Cc1c(-c2ccccc2)n[nH]c1-c1nc(-c2ccccc2)n(-c2ccccc2)n1. The van der Waals surface area contributed by atoms with E-state index in [4.69, 9.17) is 10.1 Å². The first-order chi connectivity index (χ1) is 14.8. The van der Waals surface area contributed by atoms with Gasteiger partial charge in [0.25, 0.3) is 0 Å². The molecule has 0 amide bonds. The van der Waals surface area contributed by atoms with Crippen LogP contribution >= 0.6 is 0 Å². The lowest BCUT2D eigenvalue weighted by Crippen LogP contribution is -1.99. The molecule has 0 aliphatic heterocycles. The number of aromatic nitrogens is 5. The first kappa shape index (κ1) is 17.6. The van der Waals surface area contributed by atoms with Gasteiger partial charge in [0.2, 0.25) is 5.82 Å². The van der Waals surface area contributed by atoms with Crippen LogP contribution in [-0.4, -0.2) is 25.0 Å². The van der Waals surface area contributed by atoms with Crippen molar-refractivity contribution in [1.29, 1.82) is 5.26 Å². The van der Waals surface area contributed by atoms with Crippen molar-refractivity contribution >= 4 is 0 Å². The third kappa shape index (κ3) is 3.05. The number of nitrogens with zero attached hydrogens (tertiary/aromatic N) is 5. The highest BCUT2D eigenvalue weighted by Crippen LogP contribution is 2.30. The average Bonchev–Trinajstić information content (AvgIpc) is 3.45. The molecule has 6 nitrogen and oxygen atoms in total. The van der Waals surface area contributed by atoms with Gasteiger partial charge in [0.15, 0.2) is 5.82 Å². The fourth-order valence-corrected chi connectivity index (χ4v) is 3.36. The third-order valence-corrected chi connectivity index (χ3v) is 4.79. The maximum atomic E-state index is 9.85. The molecular formula is C24H16N6. The van der Waals surface area contributed by atoms with Gasteiger partial charge in [0.1, 0.15) is 23.0 Å². The minimum Gasteiger partial charge on any atom is -0.273 e. The van der Waals surface area contributed by atoms with Crippen LogP contribution in [0.1, 0.15) is 5.56 Å². The van der Waals surface area contributed by atoms with E-state index in [1.807, 2.05) is 91.0 Å². The second-order valence-corrected chi connectivity index (χ2v) is 6.67. The van der Waals surface area contributed by atoms with Gasteiger partial charge in [-0.05, 0) is 12.1 Å². The summed E-state index contributed by atoms with van der Waals surface area (Å²) in [7, 11) is 0. The van der Waals surface area contributed by atoms with E-state index in [1.165, 1.54) is 0 Å². The molecule has 5 rings (SSSR count). The van der Waals surface area contributed by atoms with E-state index in [0.717, 1.165) is 16.8 Å². The zero-order valence-electron chi connectivity index (χ0n) is 15.9. The Balaban J connectivity index is 1.69. The molecule has 0 saturated heterocycles. The smallest absolute Gasteiger partial charge is 0.201 e. The van der Waals surface area contributed by atoms with Gasteiger partial charge >= 0.3 is 0 Å². The summed E-state index contributed by atoms with van der Waals surface area (Å²) < 4.78 is 1.79. The predicted octanol–water partition coefficient (Wildman–Crippen LogP) is 4.86. The molecule has 0 spiro atoms. The standard InChI is InChI=1S/C24H16N6/c25-16-20-21(17-10-4-1-5-11-17)27-28-22(20)23-26-24(18-12-6-2-7-13-18)30(29-23)19-14-8-3-9-15-19/h1-15H,(H,27,28). The molecule has 3 aromatic carbocycles. The first-order valence-electron chi connectivity index (χ1n) is 9.47. The van der Waals surface area contributed by atoms with E-state index in [2.05, 4.69) is 16.3 Å². The lowest BCUT2D eigenvalue weighted by atomic mass is 10.1. The molecule has 6 heteroatoms. The summed E-state index contributed by atoms with van der Waals surface area (Å²) in [6.45, 7) is 0. The topological polar surface area (TPSA) is 83.2 Å². The van der Waals surface area contributed by atoms with Crippen molar-refractivity contribution in [3.05, 3.63) is 96.6 Å². The molecule has 142 valence electrons. The van der Waals surface area contributed by atoms with Crippen molar-refractivity contribution in [1.82, 2.24) is 25.0 Å². The van der Waals surface area contributed by atoms with Gasteiger partial charge in [0, 0.05) is 11.1 Å². The Hall–Kier alpha value is -4.50. The molecule has 1 N–H and O–H groups in total. The largest absolute Gasteiger partial charge is 0.273 e. The second kappa shape index (κ2) is 7.49. The first-order valence-corrected chi connectivity index (χ1v) is 9.47. The van der Waals surface area contributed by atoms with Gasteiger partial charge in [-0.3, -0.25) is 5.10 Å². The van der Waals surface area contributed by atoms with E-state index in [9.17, 15) is 5.26 Å². The Kier molecular flexibility index (Phi) is 4.39. The highest BCUT2D eigenvalue weighted by Gasteiger charge is 2.22. The van der Waals surface area contributed by atoms with Crippen LogP contribution in [0.2, 0.25) is 0 Å². The van der Waals surface area contributed by atoms with Crippen LogP contribution in [0.25, 0.3) is 39.9 Å². The monoisotopic (exact) mass is 388 g/mol. The molecule has 5 aromatic rings. The van der Waals surface area contributed by atoms with Gasteiger partial charge in [0.05, 0.1) is 5.69 Å². The van der Waals surface area contributed by atoms with Gasteiger partial charge in [-0.1, -0.05) is 78.9 Å². The quantitative estimate of drug-likeness (QED) is 0.476. The summed E-state index contributed by atoms with van der Waals surface area (Å²) >= 11 is 0. The zero-order chi connectivity index (χ0) is 20.3. The zero-order valence-corrected chi connectivity index (χ0v) is 15.9. The van der Waals surface area contributed by atoms with E-state index < -0.39 is 0 Å². The number of nitriles is 1. The summed E-state index contributed by atoms with van der Waals surface area (Å²) in [5, 5.41) is 21.9. The number of hydrogen-bond acceptors (Lipinski definition) is 4. The molecule has 0 bridgehead atoms. The number of para-hydroxylation sites is 1. The summed E-state index contributed by atoms with van der Waals surface area (Å²) in [6, 6.07) is 31.5. The molecule has 2 heterocycles. The molecule has 0 aliphatic carbocycles. The van der Waals surface area contributed by atoms with Crippen LogP contribution < -0.4 is 0 Å². The third-order valence-electron chi connectivity index (χ3n) is 4.79. The van der Waals surface area contributed by atoms with Crippen molar-refractivity contribution in [2.45, 2.75) is 0 Å². The van der Waals surface area contributed by atoms with Gasteiger partial charge in [-0.15, -0.1) is 5.10 Å². The minimum absolute atomic E-state index is 0.420. The molecule has 30 heavy (non-hydrogen) atoms. The normalized spacial score (nSPS) is 10.6. The summed E-state index contributed by atoms with van der Waals surface area (Å²) in [5.41, 5.74) is 4.19. The van der Waals surface area contributed by atoms with Crippen LogP contribution in [0, 0.1) is 11.3 Å². The minimum atomic E-state index is 0.420. The molecule has 0 saturated carbocycles. The van der Waals surface area contributed by atoms with E-state index in [1.54, 1.807) is 4.68 Å². The lowest BCUT2D eigenvalue weighted by molar-refractivity contribution is 0.888. The lowest BCUT2D eigenvalue weighted by Gasteiger charge is -2.05. The Morgan fingerprint density at radius 3 is 2.00 bits per heavy atom. The summed E-state index contributed by atoms with van der Waals surface area (Å²) in [6.07, 6.45) is 0. The van der Waals surface area contributed by atoms with E-state index in [0.29, 0.717) is 28.6 Å². The van der Waals surface area contributed by atoms with Crippen LogP contribution in [-0.2, 0) is 0 Å². The molecule has 0 unspecified atom stereocenters. The van der Waals surface area contributed by atoms with Crippen LogP contribution in [0.5, 0.6) is 0 Å². The number of nitrogens with one attached hydrogen (secondary N) is 1. The van der Waals surface area contributed by atoms with Crippen molar-refractivity contribution in [2.75, 3.05) is 0 Å². The Labute approximate surface area is 173 Å². The molecule has 0 aliphatic rings. The van der Waals surface area contributed by atoms with Gasteiger partial charge in [-0.2, -0.15) is 10.4 Å². The van der Waals surface area contributed by atoms with Crippen LogP contribution in [0.15, 0.2) is 91.0 Å². The average molecular weight is 388 g/mol. The molecule has 0 atom stereocenters. The summed E-state index contributed by atoms with van der Waals surface area (Å²) in [4.78, 5) is 4.77. The maximum absolute atomic E-state index is 9.85. The maximum Gasteiger partial charge on any atom is 0.201 e. The van der Waals surface area contributed by atoms with E-state index in [-0.39, 0.29) is 0 Å². The van der Waals surface area contributed by atoms with Crippen LogP contribution in [0.4, 0.5) is 0 Å². The van der Waals surface area contributed by atoms with Crippen molar-refractivity contribution < 1.29 is 0 Å². The highest BCUT2D eigenvalue weighted by molar-refractivity contribution is 5.76. The Morgan fingerprint density at radius 2 is 1.37 bits per heavy atom. The number of aromatic amines is 1. The van der Waals surface area contributed by atoms with Crippen molar-refractivity contribution in [3.63, 3.8) is 0 Å². The molecular weight excluding hydrogens is 372 g/mol. The molecule has 2 aromatic heterocycles.